The maximum absolute atomic E-state index is 6.06. The third kappa shape index (κ3) is 3.93. The van der Waals surface area contributed by atoms with E-state index in [2.05, 4.69) is 35.0 Å². The molecule has 0 aliphatic heterocycles. The van der Waals surface area contributed by atoms with Crippen LogP contribution in [0.5, 0.6) is 0 Å². The Balaban J connectivity index is 2.72. The van der Waals surface area contributed by atoms with Gasteiger partial charge in [0, 0.05) is 4.47 Å². The molecular formula is C12H18BrNO. The van der Waals surface area contributed by atoms with Crippen LogP contribution in [-0.4, -0.2) is 12.7 Å². The van der Waals surface area contributed by atoms with Gasteiger partial charge in [0.2, 0.25) is 0 Å². The van der Waals surface area contributed by atoms with Gasteiger partial charge in [0.15, 0.2) is 0 Å². The first-order valence-electron chi connectivity index (χ1n) is 5.14. The summed E-state index contributed by atoms with van der Waals surface area (Å²) in [7, 11) is 0. The highest BCUT2D eigenvalue weighted by Crippen LogP contribution is 2.23. The highest BCUT2D eigenvalue weighted by Gasteiger charge is 2.10. The number of rotatable bonds is 4. The average Bonchev–Trinajstić information content (AvgIpc) is 2.18. The van der Waals surface area contributed by atoms with E-state index in [1.807, 2.05) is 19.9 Å². The monoisotopic (exact) mass is 271 g/mol. The average molecular weight is 272 g/mol. The number of benzene rings is 1. The second kappa shape index (κ2) is 5.64. The van der Waals surface area contributed by atoms with Gasteiger partial charge < -0.3 is 10.5 Å². The summed E-state index contributed by atoms with van der Waals surface area (Å²) in [6.45, 7) is 6.64. The van der Waals surface area contributed by atoms with Crippen LogP contribution in [0, 0.1) is 6.92 Å². The smallest absolute Gasteiger partial charge is 0.0663 e. The van der Waals surface area contributed by atoms with Gasteiger partial charge in [0.05, 0.1) is 18.8 Å². The van der Waals surface area contributed by atoms with Gasteiger partial charge in [-0.25, -0.2) is 0 Å². The van der Waals surface area contributed by atoms with Crippen LogP contribution in [0.3, 0.4) is 0 Å². The van der Waals surface area contributed by atoms with Crippen molar-refractivity contribution in [3.63, 3.8) is 0 Å². The van der Waals surface area contributed by atoms with Crippen molar-refractivity contribution in [3.05, 3.63) is 33.8 Å². The Kier molecular flexibility index (Phi) is 4.77. The largest absolute Gasteiger partial charge is 0.377 e. The van der Waals surface area contributed by atoms with Crippen molar-refractivity contribution in [2.75, 3.05) is 6.61 Å². The fourth-order valence-corrected chi connectivity index (χ4v) is 1.87. The summed E-state index contributed by atoms with van der Waals surface area (Å²) in [5.41, 5.74) is 8.38. The molecule has 2 nitrogen and oxygen atoms in total. The summed E-state index contributed by atoms with van der Waals surface area (Å²) in [4.78, 5) is 0. The highest BCUT2D eigenvalue weighted by atomic mass is 79.9. The molecule has 0 saturated heterocycles. The van der Waals surface area contributed by atoms with Crippen LogP contribution in [0.4, 0.5) is 0 Å². The van der Waals surface area contributed by atoms with Crippen LogP contribution in [0.15, 0.2) is 22.7 Å². The molecule has 0 saturated carbocycles. The topological polar surface area (TPSA) is 35.2 Å². The summed E-state index contributed by atoms with van der Waals surface area (Å²) in [6, 6.07) is 6.11. The van der Waals surface area contributed by atoms with Crippen LogP contribution in [0.2, 0.25) is 0 Å². The molecule has 1 unspecified atom stereocenters. The maximum atomic E-state index is 6.06. The number of aryl methyl sites for hydroxylation is 1. The molecule has 1 aromatic carbocycles. The first kappa shape index (κ1) is 12.7. The van der Waals surface area contributed by atoms with E-state index in [0.717, 1.165) is 10.0 Å². The minimum Gasteiger partial charge on any atom is -0.377 e. The van der Waals surface area contributed by atoms with Crippen molar-refractivity contribution in [1.82, 2.24) is 0 Å². The van der Waals surface area contributed by atoms with Crippen LogP contribution >= 0.6 is 15.9 Å². The molecule has 0 fully saturated rings. The lowest BCUT2D eigenvalue weighted by Crippen LogP contribution is -2.20. The van der Waals surface area contributed by atoms with Gasteiger partial charge in [-0.05, 0) is 32.4 Å². The van der Waals surface area contributed by atoms with E-state index >= 15 is 0 Å². The lowest BCUT2D eigenvalue weighted by Gasteiger charge is -2.16. The number of ether oxygens (including phenoxy) is 1. The molecule has 0 heterocycles. The molecule has 0 aromatic heterocycles. The van der Waals surface area contributed by atoms with E-state index in [9.17, 15) is 0 Å². The minimum absolute atomic E-state index is 0.0679. The maximum Gasteiger partial charge on any atom is 0.0663 e. The van der Waals surface area contributed by atoms with Crippen LogP contribution in [0.25, 0.3) is 0 Å². The van der Waals surface area contributed by atoms with E-state index in [1.165, 1.54) is 5.56 Å². The molecule has 0 spiro atoms. The van der Waals surface area contributed by atoms with Crippen molar-refractivity contribution in [2.45, 2.75) is 32.9 Å². The van der Waals surface area contributed by atoms with E-state index in [4.69, 9.17) is 10.5 Å². The SMILES string of the molecule is Cc1ccc(Br)c(C(N)COC(C)C)c1. The van der Waals surface area contributed by atoms with Gasteiger partial charge in [-0.3, -0.25) is 0 Å². The Morgan fingerprint density at radius 3 is 2.67 bits per heavy atom. The molecular weight excluding hydrogens is 254 g/mol. The molecule has 0 amide bonds. The number of nitrogens with two attached hydrogens (primary N) is 1. The molecule has 0 bridgehead atoms. The molecule has 0 radical (unpaired) electrons. The molecule has 2 N–H and O–H groups in total. The summed E-state index contributed by atoms with van der Waals surface area (Å²) in [5, 5.41) is 0. The van der Waals surface area contributed by atoms with Crippen molar-refractivity contribution >= 4 is 15.9 Å². The first-order valence-corrected chi connectivity index (χ1v) is 5.93. The standard InChI is InChI=1S/C12H18BrNO/c1-8(2)15-7-12(14)10-6-9(3)4-5-11(10)13/h4-6,8,12H,7,14H2,1-3H3. The Labute approximate surface area is 99.9 Å². The van der Waals surface area contributed by atoms with Gasteiger partial charge in [-0.2, -0.15) is 0 Å². The zero-order chi connectivity index (χ0) is 11.4. The first-order chi connectivity index (χ1) is 7.00. The normalized spacial score (nSPS) is 13.2. The Bertz CT molecular complexity index is 325. The summed E-state index contributed by atoms with van der Waals surface area (Å²) in [5.74, 6) is 0. The zero-order valence-corrected chi connectivity index (χ0v) is 11.0. The Morgan fingerprint density at radius 1 is 1.40 bits per heavy atom. The number of hydrogen-bond acceptors (Lipinski definition) is 2. The van der Waals surface area contributed by atoms with E-state index in [-0.39, 0.29) is 12.1 Å². The fraction of sp³-hybridized carbons (Fsp3) is 0.500. The van der Waals surface area contributed by atoms with Crippen molar-refractivity contribution in [1.29, 1.82) is 0 Å². The minimum atomic E-state index is -0.0679. The number of hydrogen-bond donors (Lipinski definition) is 1. The molecule has 1 atom stereocenters. The summed E-state index contributed by atoms with van der Waals surface area (Å²) < 4.78 is 6.56. The van der Waals surface area contributed by atoms with Gasteiger partial charge in [0.25, 0.3) is 0 Å². The molecule has 15 heavy (non-hydrogen) atoms. The van der Waals surface area contributed by atoms with Crippen LogP contribution in [0.1, 0.15) is 31.0 Å². The lowest BCUT2D eigenvalue weighted by molar-refractivity contribution is 0.0682. The summed E-state index contributed by atoms with van der Waals surface area (Å²) >= 11 is 3.50. The fourth-order valence-electron chi connectivity index (χ4n) is 1.33. The highest BCUT2D eigenvalue weighted by molar-refractivity contribution is 9.10. The van der Waals surface area contributed by atoms with Crippen LogP contribution < -0.4 is 5.73 Å². The third-order valence-electron chi connectivity index (χ3n) is 2.16. The van der Waals surface area contributed by atoms with Gasteiger partial charge in [-0.15, -0.1) is 0 Å². The Morgan fingerprint density at radius 2 is 2.07 bits per heavy atom. The molecule has 0 aliphatic carbocycles. The molecule has 0 aliphatic rings. The second-order valence-electron chi connectivity index (χ2n) is 4.01. The van der Waals surface area contributed by atoms with E-state index in [0.29, 0.717) is 6.61 Å². The molecule has 1 aromatic rings. The van der Waals surface area contributed by atoms with Crippen LogP contribution in [-0.2, 0) is 4.74 Å². The zero-order valence-electron chi connectivity index (χ0n) is 9.46. The predicted octanol–water partition coefficient (Wildman–Crippen LogP) is 3.18. The van der Waals surface area contributed by atoms with Crippen molar-refractivity contribution < 1.29 is 4.74 Å². The second-order valence-corrected chi connectivity index (χ2v) is 4.87. The molecule has 3 heteroatoms. The van der Waals surface area contributed by atoms with Crippen molar-refractivity contribution in [3.8, 4) is 0 Å². The third-order valence-corrected chi connectivity index (χ3v) is 2.88. The van der Waals surface area contributed by atoms with E-state index < -0.39 is 0 Å². The Hall–Kier alpha value is -0.380. The van der Waals surface area contributed by atoms with Crippen molar-refractivity contribution in [2.24, 2.45) is 5.73 Å². The molecule has 84 valence electrons. The van der Waals surface area contributed by atoms with Gasteiger partial charge in [0.1, 0.15) is 0 Å². The number of halogens is 1. The molecule has 1 rings (SSSR count). The predicted molar refractivity (Wildman–Crippen MR) is 66.9 cm³/mol. The summed E-state index contributed by atoms with van der Waals surface area (Å²) in [6.07, 6.45) is 0.222. The van der Waals surface area contributed by atoms with Gasteiger partial charge in [-0.1, -0.05) is 33.6 Å². The van der Waals surface area contributed by atoms with Gasteiger partial charge >= 0.3 is 0 Å². The van der Waals surface area contributed by atoms with E-state index in [1.54, 1.807) is 0 Å². The lowest BCUT2D eigenvalue weighted by atomic mass is 10.1. The quantitative estimate of drug-likeness (QED) is 0.913.